The summed E-state index contributed by atoms with van der Waals surface area (Å²) >= 11 is 0. The van der Waals surface area contributed by atoms with E-state index in [1.807, 2.05) is 0 Å². The minimum absolute atomic E-state index is 0.251. The van der Waals surface area contributed by atoms with Crippen LogP contribution < -0.4 is 5.32 Å². The molecule has 0 amide bonds. The fourth-order valence-corrected chi connectivity index (χ4v) is 2.07. The average molecular weight is 273 g/mol. The number of carboxylic acid groups (broad SMARTS) is 1. The summed E-state index contributed by atoms with van der Waals surface area (Å²) in [5, 5.41) is 16.3. The first-order valence-corrected chi connectivity index (χ1v) is 6.64. The molecule has 2 N–H and O–H groups in total. The van der Waals surface area contributed by atoms with Gasteiger partial charge in [0.15, 0.2) is 0 Å². The number of aromatic nitrogens is 2. The second kappa shape index (κ2) is 6.34. The fourth-order valence-electron chi connectivity index (χ4n) is 2.07. The van der Waals surface area contributed by atoms with Gasteiger partial charge in [-0.15, -0.1) is 0 Å². The van der Waals surface area contributed by atoms with Gasteiger partial charge in [0.2, 0.25) is 0 Å². The molecule has 0 radical (unpaired) electrons. The SMILES string of the molecule is CCc1ccc(CNCc2c(C(=O)O)cnn2C)cc1. The van der Waals surface area contributed by atoms with Crippen LogP contribution in [0.15, 0.2) is 30.5 Å². The van der Waals surface area contributed by atoms with Crippen molar-refractivity contribution in [2.24, 2.45) is 7.05 Å². The Labute approximate surface area is 118 Å². The van der Waals surface area contributed by atoms with Crippen LogP contribution in [0.4, 0.5) is 0 Å². The summed E-state index contributed by atoms with van der Waals surface area (Å²) in [5.74, 6) is -0.942. The van der Waals surface area contributed by atoms with E-state index in [-0.39, 0.29) is 5.56 Å². The molecule has 1 heterocycles. The van der Waals surface area contributed by atoms with E-state index < -0.39 is 5.97 Å². The van der Waals surface area contributed by atoms with Crippen molar-refractivity contribution in [1.82, 2.24) is 15.1 Å². The number of nitrogens with one attached hydrogen (secondary N) is 1. The van der Waals surface area contributed by atoms with Gasteiger partial charge in [-0.25, -0.2) is 4.79 Å². The van der Waals surface area contributed by atoms with Crippen LogP contribution in [0.3, 0.4) is 0 Å². The molecule has 20 heavy (non-hydrogen) atoms. The van der Waals surface area contributed by atoms with Gasteiger partial charge in [-0.1, -0.05) is 31.2 Å². The van der Waals surface area contributed by atoms with Crippen LogP contribution in [0, 0.1) is 0 Å². The first kappa shape index (κ1) is 14.3. The number of benzene rings is 1. The Morgan fingerprint density at radius 1 is 1.25 bits per heavy atom. The molecule has 0 atom stereocenters. The average Bonchev–Trinajstić information content (AvgIpc) is 2.81. The smallest absolute Gasteiger partial charge is 0.339 e. The lowest BCUT2D eigenvalue weighted by molar-refractivity contribution is 0.0695. The third-order valence-corrected chi connectivity index (χ3v) is 3.34. The van der Waals surface area contributed by atoms with Crippen molar-refractivity contribution in [2.75, 3.05) is 0 Å². The molecular weight excluding hydrogens is 254 g/mol. The van der Waals surface area contributed by atoms with Crippen molar-refractivity contribution in [2.45, 2.75) is 26.4 Å². The maximum absolute atomic E-state index is 11.1. The second-order valence-electron chi connectivity index (χ2n) is 4.71. The van der Waals surface area contributed by atoms with Gasteiger partial charge >= 0.3 is 5.97 Å². The first-order chi connectivity index (χ1) is 9.61. The number of hydrogen-bond donors (Lipinski definition) is 2. The van der Waals surface area contributed by atoms with Crippen molar-refractivity contribution in [1.29, 1.82) is 0 Å². The lowest BCUT2D eigenvalue weighted by Crippen LogP contribution is -2.17. The lowest BCUT2D eigenvalue weighted by atomic mass is 10.1. The Hall–Kier alpha value is -2.14. The summed E-state index contributed by atoms with van der Waals surface area (Å²) in [4.78, 5) is 11.1. The summed E-state index contributed by atoms with van der Waals surface area (Å²) in [6.07, 6.45) is 2.42. The third kappa shape index (κ3) is 3.24. The molecule has 2 rings (SSSR count). The molecule has 106 valence electrons. The Morgan fingerprint density at radius 3 is 2.50 bits per heavy atom. The zero-order valence-electron chi connectivity index (χ0n) is 11.8. The predicted molar refractivity (Wildman–Crippen MR) is 76.5 cm³/mol. The first-order valence-electron chi connectivity index (χ1n) is 6.64. The minimum atomic E-state index is -0.942. The number of carbonyl (C=O) groups is 1. The van der Waals surface area contributed by atoms with Gasteiger partial charge in [-0.2, -0.15) is 5.10 Å². The largest absolute Gasteiger partial charge is 0.478 e. The molecule has 0 aliphatic carbocycles. The molecule has 0 unspecified atom stereocenters. The second-order valence-corrected chi connectivity index (χ2v) is 4.71. The summed E-state index contributed by atoms with van der Waals surface area (Å²) in [5.41, 5.74) is 3.43. The molecule has 0 bridgehead atoms. The maximum Gasteiger partial charge on any atom is 0.339 e. The van der Waals surface area contributed by atoms with E-state index in [2.05, 4.69) is 41.6 Å². The van der Waals surface area contributed by atoms with Crippen LogP contribution in [-0.2, 0) is 26.6 Å². The molecule has 0 spiro atoms. The quantitative estimate of drug-likeness (QED) is 0.844. The molecule has 5 heteroatoms. The zero-order chi connectivity index (χ0) is 14.5. The molecule has 5 nitrogen and oxygen atoms in total. The van der Waals surface area contributed by atoms with E-state index in [1.165, 1.54) is 17.3 Å². The number of aryl methyl sites for hydroxylation is 2. The molecule has 1 aromatic carbocycles. The summed E-state index contributed by atoms with van der Waals surface area (Å²) in [6, 6.07) is 8.41. The Bertz CT molecular complexity index is 588. The van der Waals surface area contributed by atoms with Gasteiger partial charge in [-0.05, 0) is 17.5 Å². The van der Waals surface area contributed by atoms with Crippen molar-refractivity contribution in [3.05, 3.63) is 52.8 Å². The van der Waals surface area contributed by atoms with Crippen LogP contribution in [-0.4, -0.2) is 20.9 Å². The van der Waals surface area contributed by atoms with E-state index >= 15 is 0 Å². The van der Waals surface area contributed by atoms with Gasteiger partial charge in [0, 0.05) is 20.1 Å². The van der Waals surface area contributed by atoms with E-state index in [1.54, 1.807) is 11.7 Å². The Balaban J connectivity index is 1.95. The van der Waals surface area contributed by atoms with Crippen molar-refractivity contribution >= 4 is 5.97 Å². The van der Waals surface area contributed by atoms with Crippen molar-refractivity contribution in [3.8, 4) is 0 Å². The fraction of sp³-hybridized carbons (Fsp3) is 0.333. The van der Waals surface area contributed by atoms with E-state index in [0.29, 0.717) is 18.8 Å². The third-order valence-electron chi connectivity index (χ3n) is 3.34. The number of rotatable bonds is 6. The molecule has 0 aliphatic rings. The summed E-state index contributed by atoms with van der Waals surface area (Å²) < 4.78 is 1.59. The normalized spacial score (nSPS) is 10.7. The van der Waals surface area contributed by atoms with Crippen LogP contribution >= 0.6 is 0 Å². The molecule has 0 aliphatic heterocycles. The van der Waals surface area contributed by atoms with E-state index in [4.69, 9.17) is 5.11 Å². The van der Waals surface area contributed by atoms with E-state index in [9.17, 15) is 4.79 Å². The molecule has 2 aromatic rings. The van der Waals surface area contributed by atoms with Crippen LogP contribution in [0.1, 0.15) is 34.1 Å². The van der Waals surface area contributed by atoms with Gasteiger partial charge in [-0.3, -0.25) is 4.68 Å². The number of nitrogens with zero attached hydrogens (tertiary/aromatic N) is 2. The van der Waals surface area contributed by atoms with Gasteiger partial charge < -0.3 is 10.4 Å². The van der Waals surface area contributed by atoms with Gasteiger partial charge in [0.25, 0.3) is 0 Å². The number of carboxylic acids is 1. The zero-order valence-corrected chi connectivity index (χ0v) is 11.8. The highest BCUT2D eigenvalue weighted by Crippen LogP contribution is 2.08. The predicted octanol–water partition coefficient (Wildman–Crippen LogP) is 1.97. The molecule has 0 fully saturated rings. The monoisotopic (exact) mass is 273 g/mol. The Morgan fingerprint density at radius 2 is 1.90 bits per heavy atom. The highest BCUT2D eigenvalue weighted by Gasteiger charge is 2.14. The molecular formula is C15H19N3O2. The number of aromatic carboxylic acids is 1. The van der Waals surface area contributed by atoms with Gasteiger partial charge in [0.05, 0.1) is 11.9 Å². The highest BCUT2D eigenvalue weighted by atomic mass is 16.4. The minimum Gasteiger partial charge on any atom is -0.478 e. The topological polar surface area (TPSA) is 67.2 Å². The number of hydrogen-bond acceptors (Lipinski definition) is 3. The van der Waals surface area contributed by atoms with Crippen LogP contribution in [0.25, 0.3) is 0 Å². The summed E-state index contributed by atoms with van der Waals surface area (Å²) in [6.45, 7) is 3.31. The maximum atomic E-state index is 11.1. The van der Waals surface area contributed by atoms with Gasteiger partial charge in [0.1, 0.15) is 5.56 Å². The Kier molecular flexibility index (Phi) is 4.53. The van der Waals surface area contributed by atoms with Crippen molar-refractivity contribution in [3.63, 3.8) is 0 Å². The molecule has 1 aromatic heterocycles. The van der Waals surface area contributed by atoms with Crippen molar-refractivity contribution < 1.29 is 9.90 Å². The standard InChI is InChI=1S/C15H19N3O2/c1-3-11-4-6-12(7-5-11)8-16-10-14-13(15(19)20)9-17-18(14)2/h4-7,9,16H,3,8,10H2,1-2H3,(H,19,20). The highest BCUT2D eigenvalue weighted by molar-refractivity contribution is 5.88. The molecule has 0 saturated heterocycles. The lowest BCUT2D eigenvalue weighted by Gasteiger charge is -2.07. The van der Waals surface area contributed by atoms with Crippen LogP contribution in [0.2, 0.25) is 0 Å². The van der Waals surface area contributed by atoms with E-state index in [0.717, 1.165) is 6.42 Å². The molecule has 0 saturated carbocycles. The van der Waals surface area contributed by atoms with Crippen LogP contribution in [0.5, 0.6) is 0 Å². The summed E-state index contributed by atoms with van der Waals surface area (Å²) in [7, 11) is 1.75.